The number of aromatic nitrogens is 4. The molecule has 3 aromatic carbocycles. The van der Waals surface area contributed by atoms with Crippen LogP contribution in [-0.2, 0) is 11.1 Å². The standard InChI is InChI=1S/C23H14BrClN4O3S/c24-15-6-4-14(5-7-15)21-27-22-20(23(30)29(21)17-10-8-16(25)9-11-17)26-13-28(22)18-2-1-3-19(12-18)33(31)32/h1-13H,(H,31,32)/p-1. The van der Waals surface area contributed by atoms with Crippen molar-refractivity contribution in [3.8, 4) is 22.8 Å². The number of imidazole rings is 1. The van der Waals surface area contributed by atoms with Crippen molar-refractivity contribution >= 4 is 49.8 Å². The van der Waals surface area contributed by atoms with Crippen molar-refractivity contribution in [2.75, 3.05) is 0 Å². The summed E-state index contributed by atoms with van der Waals surface area (Å²) in [5.41, 5.74) is 1.94. The molecule has 0 fully saturated rings. The van der Waals surface area contributed by atoms with Gasteiger partial charge in [0.2, 0.25) is 0 Å². The van der Waals surface area contributed by atoms with Crippen LogP contribution in [0.3, 0.4) is 0 Å². The average Bonchev–Trinajstić information content (AvgIpc) is 3.25. The molecule has 0 saturated heterocycles. The van der Waals surface area contributed by atoms with E-state index in [1.54, 1.807) is 41.0 Å². The smallest absolute Gasteiger partial charge is 0.286 e. The Morgan fingerprint density at radius 1 is 0.970 bits per heavy atom. The second-order valence-electron chi connectivity index (χ2n) is 7.08. The first kappa shape index (κ1) is 21.7. The quantitative estimate of drug-likeness (QED) is 0.303. The molecule has 1 atom stereocenters. The van der Waals surface area contributed by atoms with E-state index in [-0.39, 0.29) is 16.0 Å². The Hall–Kier alpha value is -3.11. The lowest BCUT2D eigenvalue weighted by Gasteiger charge is -2.14. The number of rotatable bonds is 4. The van der Waals surface area contributed by atoms with Gasteiger partial charge >= 0.3 is 0 Å². The van der Waals surface area contributed by atoms with E-state index in [0.717, 1.165) is 4.47 Å². The molecule has 7 nitrogen and oxygen atoms in total. The van der Waals surface area contributed by atoms with Crippen LogP contribution in [0.15, 0.2) is 93.3 Å². The van der Waals surface area contributed by atoms with Crippen LogP contribution in [0.4, 0.5) is 0 Å². The van der Waals surface area contributed by atoms with Gasteiger partial charge in [0, 0.05) is 25.6 Å². The Morgan fingerprint density at radius 2 is 1.70 bits per heavy atom. The molecule has 2 heterocycles. The van der Waals surface area contributed by atoms with Gasteiger partial charge in [-0.05, 0) is 65.7 Å². The van der Waals surface area contributed by atoms with E-state index < -0.39 is 11.1 Å². The third-order valence-electron chi connectivity index (χ3n) is 5.05. The highest BCUT2D eigenvalue weighted by molar-refractivity contribution is 9.10. The van der Waals surface area contributed by atoms with Gasteiger partial charge in [0.15, 0.2) is 11.2 Å². The van der Waals surface area contributed by atoms with E-state index in [1.165, 1.54) is 23.0 Å². The number of nitrogens with zero attached hydrogens (tertiary/aromatic N) is 4. The van der Waals surface area contributed by atoms with Crippen LogP contribution in [0, 0.1) is 0 Å². The van der Waals surface area contributed by atoms with Gasteiger partial charge in [-0.25, -0.2) is 9.97 Å². The molecule has 0 spiro atoms. The van der Waals surface area contributed by atoms with Gasteiger partial charge in [-0.1, -0.05) is 45.7 Å². The van der Waals surface area contributed by atoms with E-state index in [2.05, 4.69) is 20.9 Å². The molecule has 0 saturated carbocycles. The molecule has 0 aliphatic heterocycles. The Bertz CT molecular complexity index is 1580. The third kappa shape index (κ3) is 4.04. The normalized spacial score (nSPS) is 12.2. The highest BCUT2D eigenvalue weighted by Gasteiger charge is 2.19. The molecule has 0 bridgehead atoms. The van der Waals surface area contributed by atoms with Gasteiger partial charge in [0.25, 0.3) is 5.56 Å². The van der Waals surface area contributed by atoms with Gasteiger partial charge in [-0.2, -0.15) is 0 Å². The Kier molecular flexibility index (Phi) is 5.71. The number of fused-ring (bicyclic) bond motifs is 1. The summed E-state index contributed by atoms with van der Waals surface area (Å²) in [4.78, 5) is 22.8. The SMILES string of the molecule is O=c1c2ncn(-c3cccc(S(=O)[O-])c3)c2nc(-c2ccc(Br)cc2)n1-c1ccc(Cl)cc1. The summed E-state index contributed by atoms with van der Waals surface area (Å²) < 4.78 is 26.8. The first-order valence-electron chi connectivity index (χ1n) is 9.64. The van der Waals surface area contributed by atoms with Crippen molar-refractivity contribution in [2.24, 2.45) is 0 Å². The number of hydrogen-bond acceptors (Lipinski definition) is 5. The van der Waals surface area contributed by atoms with E-state index >= 15 is 0 Å². The maximum atomic E-state index is 13.6. The lowest BCUT2D eigenvalue weighted by atomic mass is 10.2. The van der Waals surface area contributed by atoms with Crippen molar-refractivity contribution in [2.45, 2.75) is 4.90 Å². The largest absolute Gasteiger partial charge is 0.768 e. The summed E-state index contributed by atoms with van der Waals surface area (Å²) in [5.74, 6) is 0.410. The predicted octanol–water partition coefficient (Wildman–Crippen LogP) is 4.89. The Morgan fingerprint density at radius 3 is 2.39 bits per heavy atom. The summed E-state index contributed by atoms with van der Waals surface area (Å²) in [6.07, 6.45) is 1.46. The van der Waals surface area contributed by atoms with Gasteiger partial charge in [-0.3, -0.25) is 18.1 Å². The highest BCUT2D eigenvalue weighted by Crippen LogP contribution is 2.26. The zero-order chi connectivity index (χ0) is 23.1. The summed E-state index contributed by atoms with van der Waals surface area (Å²) >= 11 is 7.09. The highest BCUT2D eigenvalue weighted by atomic mass is 79.9. The molecule has 0 amide bonds. The monoisotopic (exact) mass is 539 g/mol. The fraction of sp³-hybridized carbons (Fsp3) is 0. The Labute approximate surface area is 203 Å². The van der Waals surface area contributed by atoms with Crippen LogP contribution >= 0.6 is 27.5 Å². The molecule has 2 aromatic heterocycles. The molecule has 164 valence electrons. The van der Waals surface area contributed by atoms with Crippen LogP contribution < -0.4 is 5.56 Å². The summed E-state index contributed by atoms with van der Waals surface area (Å²) in [7, 11) is 0. The summed E-state index contributed by atoms with van der Waals surface area (Å²) in [6, 6.07) is 20.6. The molecular weight excluding hydrogens is 528 g/mol. The fourth-order valence-electron chi connectivity index (χ4n) is 3.50. The van der Waals surface area contributed by atoms with E-state index in [9.17, 15) is 13.6 Å². The lowest BCUT2D eigenvalue weighted by Crippen LogP contribution is -2.22. The Balaban J connectivity index is 1.82. The maximum Gasteiger partial charge on any atom is 0.286 e. The topological polar surface area (TPSA) is 92.8 Å². The zero-order valence-corrected chi connectivity index (χ0v) is 19.8. The van der Waals surface area contributed by atoms with Crippen molar-refractivity contribution in [3.63, 3.8) is 0 Å². The predicted molar refractivity (Wildman–Crippen MR) is 130 cm³/mol. The molecular formula is C23H13BrClN4O3S-. The van der Waals surface area contributed by atoms with Crippen molar-refractivity contribution in [1.82, 2.24) is 19.1 Å². The molecule has 33 heavy (non-hydrogen) atoms. The van der Waals surface area contributed by atoms with Crippen molar-refractivity contribution in [1.29, 1.82) is 0 Å². The number of halogens is 2. The second-order valence-corrected chi connectivity index (χ2v) is 9.37. The summed E-state index contributed by atoms with van der Waals surface area (Å²) in [6.45, 7) is 0. The van der Waals surface area contributed by atoms with Gasteiger partial charge in [-0.15, -0.1) is 0 Å². The zero-order valence-electron chi connectivity index (χ0n) is 16.7. The summed E-state index contributed by atoms with van der Waals surface area (Å²) in [5, 5.41) is 0.547. The second kappa shape index (κ2) is 8.68. The number of benzene rings is 3. The number of hydrogen-bond donors (Lipinski definition) is 0. The van der Waals surface area contributed by atoms with E-state index in [4.69, 9.17) is 16.6 Å². The first-order valence-corrected chi connectivity index (χ1v) is 11.9. The van der Waals surface area contributed by atoms with Gasteiger partial charge in [0.05, 0.1) is 5.69 Å². The molecule has 5 aromatic rings. The van der Waals surface area contributed by atoms with E-state index in [0.29, 0.717) is 33.4 Å². The van der Waals surface area contributed by atoms with E-state index in [1.807, 2.05) is 24.3 Å². The molecule has 1 unspecified atom stereocenters. The fourth-order valence-corrected chi connectivity index (χ4v) is 4.30. The van der Waals surface area contributed by atoms with Gasteiger partial charge in [0.1, 0.15) is 12.2 Å². The minimum atomic E-state index is -2.39. The molecule has 5 rings (SSSR count). The van der Waals surface area contributed by atoms with Gasteiger partial charge < -0.3 is 4.55 Å². The van der Waals surface area contributed by atoms with Crippen LogP contribution in [-0.4, -0.2) is 27.9 Å². The molecule has 0 aliphatic rings. The molecule has 0 N–H and O–H groups in total. The first-order chi connectivity index (χ1) is 15.9. The lowest BCUT2D eigenvalue weighted by molar-refractivity contribution is 0.537. The molecule has 0 aliphatic carbocycles. The average molecular weight is 541 g/mol. The minimum Gasteiger partial charge on any atom is -0.768 e. The molecule has 0 radical (unpaired) electrons. The molecule has 10 heteroatoms. The van der Waals surface area contributed by atoms with Crippen molar-refractivity contribution in [3.05, 3.63) is 99.0 Å². The third-order valence-corrected chi connectivity index (χ3v) is 6.47. The van der Waals surface area contributed by atoms with Crippen LogP contribution in [0.1, 0.15) is 0 Å². The van der Waals surface area contributed by atoms with Crippen molar-refractivity contribution < 1.29 is 8.76 Å². The van der Waals surface area contributed by atoms with Crippen LogP contribution in [0.5, 0.6) is 0 Å². The van der Waals surface area contributed by atoms with Crippen LogP contribution in [0.2, 0.25) is 5.02 Å². The minimum absolute atomic E-state index is 0.122. The van der Waals surface area contributed by atoms with Crippen LogP contribution in [0.25, 0.3) is 33.9 Å². The maximum absolute atomic E-state index is 13.6.